The van der Waals surface area contributed by atoms with Gasteiger partial charge in [0.25, 0.3) is 0 Å². The zero-order valence-electron chi connectivity index (χ0n) is 26.1. The molecule has 0 bridgehead atoms. The van der Waals surface area contributed by atoms with Crippen molar-refractivity contribution in [2.45, 2.75) is 123 Å². The minimum Gasteiger partial charge on any atom is -0.414 e. The van der Waals surface area contributed by atoms with Gasteiger partial charge in [-0.15, -0.1) is 0 Å². The van der Waals surface area contributed by atoms with E-state index < -0.39 is 40.0 Å². The molecular weight excluding hydrogens is 530 g/mol. The number of aromatic nitrogens is 4. The van der Waals surface area contributed by atoms with Crippen molar-refractivity contribution >= 4 is 39.6 Å². The fraction of sp³-hybridized carbons (Fsp3) is 0.778. The Morgan fingerprint density at radius 3 is 2.15 bits per heavy atom. The summed E-state index contributed by atoms with van der Waals surface area (Å²) in [6.45, 7) is 27.8. The van der Waals surface area contributed by atoms with Gasteiger partial charge in [-0.2, -0.15) is 0 Å². The van der Waals surface area contributed by atoms with Crippen molar-refractivity contribution in [3.05, 3.63) is 12.7 Å². The van der Waals surface area contributed by atoms with Gasteiger partial charge in [0.2, 0.25) is 0 Å². The van der Waals surface area contributed by atoms with Crippen LogP contribution in [0.2, 0.25) is 36.3 Å². The topological polar surface area (TPSA) is 124 Å². The summed E-state index contributed by atoms with van der Waals surface area (Å²) in [6, 6.07) is 0. The monoisotopic (exact) mass is 579 g/mol. The molecule has 39 heavy (non-hydrogen) atoms. The van der Waals surface area contributed by atoms with E-state index in [1.165, 1.54) is 6.33 Å². The molecule has 0 radical (unpaired) electrons. The molecule has 12 heteroatoms. The average molecular weight is 580 g/mol. The fourth-order valence-corrected chi connectivity index (χ4v) is 6.10. The third-order valence-corrected chi connectivity index (χ3v) is 17.5. The van der Waals surface area contributed by atoms with Crippen LogP contribution in [0.1, 0.15) is 68.7 Å². The Morgan fingerprint density at radius 2 is 1.62 bits per heavy atom. The highest BCUT2D eigenvalue weighted by molar-refractivity contribution is 6.74. The molecule has 0 saturated carbocycles. The molecular formula is C27H49N5O5Si2. The van der Waals surface area contributed by atoms with Gasteiger partial charge in [-0.1, -0.05) is 41.5 Å². The van der Waals surface area contributed by atoms with Gasteiger partial charge in [0.1, 0.15) is 24.3 Å². The highest BCUT2D eigenvalue weighted by Crippen LogP contribution is 2.46. The number of nitrogens with zero attached hydrogens (tertiary/aromatic N) is 4. The van der Waals surface area contributed by atoms with E-state index in [1.54, 1.807) is 10.9 Å². The standard InChI is InChI=1S/C27H49N5O5Si2/c1-24(2,3)23(33)36-27(32-17-31-20-21(28)29-16-30-22(20)32)14-18(37-39(12,13)26(7,8)9)19(35-27)15-34-38(10,11)25(4,5)6/h16-19H,14-15H2,1-13H3,(H2,28,29,30)/t18-,19+,27-/m0/s1. The lowest BCUT2D eigenvalue weighted by Gasteiger charge is -2.40. The average Bonchev–Trinajstić information content (AvgIpc) is 3.33. The maximum atomic E-state index is 13.4. The molecule has 2 aromatic heterocycles. The molecule has 3 heterocycles. The van der Waals surface area contributed by atoms with Crippen LogP contribution in [-0.4, -0.2) is 60.9 Å². The van der Waals surface area contributed by atoms with Crippen LogP contribution in [0, 0.1) is 5.41 Å². The third kappa shape index (κ3) is 6.40. The van der Waals surface area contributed by atoms with Crippen LogP contribution in [-0.2, 0) is 29.0 Å². The van der Waals surface area contributed by atoms with E-state index in [9.17, 15) is 4.79 Å². The van der Waals surface area contributed by atoms with Crippen LogP contribution < -0.4 is 5.73 Å². The molecule has 1 fully saturated rings. The van der Waals surface area contributed by atoms with E-state index in [-0.39, 0.29) is 28.4 Å². The van der Waals surface area contributed by atoms with Gasteiger partial charge < -0.3 is 24.1 Å². The summed E-state index contributed by atoms with van der Waals surface area (Å²) in [7, 11) is -4.36. The Kier molecular flexibility index (Phi) is 8.28. The van der Waals surface area contributed by atoms with Crippen LogP contribution in [0.15, 0.2) is 12.7 Å². The number of anilines is 1. The molecule has 0 spiro atoms. The third-order valence-electron chi connectivity index (χ3n) is 8.47. The number of imidazole rings is 1. The first-order valence-corrected chi connectivity index (χ1v) is 19.5. The normalized spacial score (nSPS) is 23.4. The second kappa shape index (κ2) is 10.2. The molecule has 1 aliphatic heterocycles. The van der Waals surface area contributed by atoms with E-state index in [1.807, 2.05) is 20.8 Å². The lowest BCUT2D eigenvalue weighted by atomic mass is 9.97. The van der Waals surface area contributed by atoms with E-state index in [0.29, 0.717) is 17.8 Å². The van der Waals surface area contributed by atoms with Gasteiger partial charge in [0.05, 0.1) is 24.5 Å². The summed E-state index contributed by atoms with van der Waals surface area (Å²) < 4.78 is 28.3. The number of nitrogens with two attached hydrogens (primary N) is 1. The zero-order chi connectivity index (χ0) is 29.8. The Labute approximate surface area is 235 Å². The molecule has 220 valence electrons. The number of carbonyl (C=O) groups excluding carboxylic acids is 1. The van der Waals surface area contributed by atoms with Crippen molar-refractivity contribution in [2.75, 3.05) is 12.3 Å². The van der Waals surface area contributed by atoms with Gasteiger partial charge in [0, 0.05) is 0 Å². The maximum absolute atomic E-state index is 13.4. The van der Waals surface area contributed by atoms with Crippen molar-refractivity contribution in [3.8, 4) is 0 Å². The highest BCUT2D eigenvalue weighted by Gasteiger charge is 2.56. The first kappa shape index (κ1) is 31.7. The fourth-order valence-electron chi connectivity index (χ4n) is 3.74. The second-order valence-corrected chi connectivity index (χ2v) is 24.3. The second-order valence-electron chi connectivity index (χ2n) is 14.7. The van der Waals surface area contributed by atoms with Crippen molar-refractivity contribution < 1.29 is 23.1 Å². The summed E-state index contributed by atoms with van der Waals surface area (Å²) >= 11 is 0. The summed E-state index contributed by atoms with van der Waals surface area (Å²) in [6.07, 6.45) is 2.29. The molecule has 3 atom stereocenters. The Balaban J connectivity index is 2.13. The van der Waals surface area contributed by atoms with Gasteiger partial charge in [-0.3, -0.25) is 9.36 Å². The molecule has 0 unspecified atom stereocenters. The van der Waals surface area contributed by atoms with Crippen LogP contribution >= 0.6 is 0 Å². The van der Waals surface area contributed by atoms with Crippen LogP contribution in [0.25, 0.3) is 11.2 Å². The smallest absolute Gasteiger partial charge is 0.315 e. The lowest BCUT2D eigenvalue weighted by molar-refractivity contribution is -0.275. The molecule has 1 saturated heterocycles. The molecule has 3 rings (SSSR count). The van der Waals surface area contributed by atoms with Crippen LogP contribution in [0.3, 0.4) is 0 Å². The Hall–Kier alpha value is -1.87. The zero-order valence-corrected chi connectivity index (χ0v) is 28.1. The Bertz CT molecular complexity index is 1200. The minimum absolute atomic E-state index is 0.0200. The number of hydrogen-bond acceptors (Lipinski definition) is 9. The molecule has 0 aromatic carbocycles. The molecule has 10 nitrogen and oxygen atoms in total. The number of carbonyl (C=O) groups is 1. The van der Waals surface area contributed by atoms with E-state index in [0.717, 1.165) is 0 Å². The van der Waals surface area contributed by atoms with E-state index in [4.69, 9.17) is 24.1 Å². The van der Waals surface area contributed by atoms with Crippen molar-refractivity contribution in [3.63, 3.8) is 0 Å². The summed E-state index contributed by atoms with van der Waals surface area (Å²) in [5.74, 6) is -1.72. The van der Waals surface area contributed by atoms with Gasteiger partial charge >= 0.3 is 11.9 Å². The first-order valence-electron chi connectivity index (χ1n) is 13.7. The summed E-state index contributed by atoms with van der Waals surface area (Å²) in [5, 5.41) is -0.0132. The van der Waals surface area contributed by atoms with Crippen molar-refractivity contribution in [1.29, 1.82) is 0 Å². The number of hydrogen-bond donors (Lipinski definition) is 1. The predicted octanol–water partition coefficient (Wildman–Crippen LogP) is 5.81. The minimum atomic E-state index is -2.25. The first-order chi connectivity index (χ1) is 17.5. The summed E-state index contributed by atoms with van der Waals surface area (Å²) in [4.78, 5) is 26.3. The number of ether oxygens (including phenoxy) is 2. The molecule has 0 amide bonds. The lowest BCUT2D eigenvalue weighted by Crippen LogP contribution is -2.48. The van der Waals surface area contributed by atoms with E-state index >= 15 is 0 Å². The summed E-state index contributed by atoms with van der Waals surface area (Å²) in [5.41, 5.74) is 6.15. The van der Waals surface area contributed by atoms with Crippen LogP contribution in [0.5, 0.6) is 0 Å². The SMILES string of the molecule is CC(C)(C)C(=O)O[C@]1(n2cnc3c(N)ncnc32)C[C@H](O[Si](C)(C)C(C)(C)C)[C@@H](CO[Si](C)(C)C(C)(C)C)O1. The molecule has 0 aliphatic carbocycles. The highest BCUT2D eigenvalue weighted by atomic mass is 28.4. The molecule has 2 N–H and O–H groups in total. The van der Waals surface area contributed by atoms with Gasteiger partial charge in [0.15, 0.2) is 28.1 Å². The van der Waals surface area contributed by atoms with Gasteiger partial charge in [-0.05, 0) is 57.0 Å². The maximum Gasteiger partial charge on any atom is 0.315 e. The number of fused-ring (bicyclic) bond motifs is 1. The predicted molar refractivity (Wildman–Crippen MR) is 158 cm³/mol. The van der Waals surface area contributed by atoms with E-state index in [2.05, 4.69) is 82.7 Å². The molecule has 2 aromatic rings. The quantitative estimate of drug-likeness (QED) is 0.320. The van der Waals surface area contributed by atoms with Crippen LogP contribution in [0.4, 0.5) is 5.82 Å². The number of rotatable bonds is 7. The Morgan fingerprint density at radius 1 is 1.03 bits per heavy atom. The molecule has 1 aliphatic rings. The van der Waals surface area contributed by atoms with Crippen molar-refractivity contribution in [1.82, 2.24) is 19.5 Å². The number of nitrogen functional groups attached to an aromatic ring is 1. The number of esters is 1. The van der Waals surface area contributed by atoms with Crippen molar-refractivity contribution in [2.24, 2.45) is 5.41 Å². The van der Waals surface area contributed by atoms with Gasteiger partial charge in [-0.25, -0.2) is 15.0 Å². The largest absolute Gasteiger partial charge is 0.414 e.